The summed E-state index contributed by atoms with van der Waals surface area (Å²) in [6, 6.07) is 7.29. The van der Waals surface area contributed by atoms with Crippen molar-refractivity contribution in [1.82, 2.24) is 20.2 Å². The van der Waals surface area contributed by atoms with E-state index in [1.54, 1.807) is 6.07 Å². The van der Waals surface area contributed by atoms with Gasteiger partial charge in [0.1, 0.15) is 11.9 Å². The van der Waals surface area contributed by atoms with Crippen LogP contribution in [-0.4, -0.2) is 59.1 Å². The van der Waals surface area contributed by atoms with Crippen LogP contribution in [0.2, 0.25) is 0 Å². The molecule has 3 heterocycles. The molecule has 4 rings (SSSR count). The molecule has 8 heteroatoms. The van der Waals surface area contributed by atoms with Crippen LogP contribution in [0, 0.1) is 11.7 Å². The first-order chi connectivity index (χ1) is 14.1. The maximum atomic E-state index is 14.2. The Hall–Kier alpha value is -2.06. The number of quaternary nitrogens is 1. The number of anilines is 1. The lowest BCUT2D eigenvalue weighted by molar-refractivity contribution is -0.934. The molecular weight excluding hydrogens is 371 g/mol. The van der Waals surface area contributed by atoms with Gasteiger partial charge in [-0.25, -0.2) is 9.07 Å². The highest BCUT2D eigenvalue weighted by atomic mass is 19.1. The summed E-state index contributed by atoms with van der Waals surface area (Å²) in [4.78, 5) is 3.63. The fourth-order valence-corrected chi connectivity index (χ4v) is 4.59. The minimum Gasteiger partial charge on any atom is -0.376 e. The Morgan fingerprint density at radius 2 is 2.03 bits per heavy atom. The third kappa shape index (κ3) is 4.75. The van der Waals surface area contributed by atoms with Crippen molar-refractivity contribution in [3.05, 3.63) is 35.9 Å². The van der Waals surface area contributed by atoms with Gasteiger partial charge in [0.15, 0.2) is 0 Å². The van der Waals surface area contributed by atoms with E-state index in [2.05, 4.69) is 34.3 Å². The molecule has 29 heavy (non-hydrogen) atoms. The molecule has 2 aliphatic heterocycles. The molecule has 2 aromatic rings. The van der Waals surface area contributed by atoms with E-state index in [4.69, 9.17) is 4.74 Å². The second-order valence-electron chi connectivity index (χ2n) is 8.63. The van der Waals surface area contributed by atoms with Crippen molar-refractivity contribution in [3.63, 3.8) is 0 Å². The predicted octanol–water partition coefficient (Wildman–Crippen LogP) is 1.48. The SMILES string of the molecule is CC(C)C[C@@H](c1nnnn1C[C@@H]1CCCO1)[NH+]1CCN(c2ccccc2F)CC1. The minimum absolute atomic E-state index is 0.143. The summed E-state index contributed by atoms with van der Waals surface area (Å²) in [5.74, 6) is 1.36. The molecule has 7 nitrogen and oxygen atoms in total. The van der Waals surface area contributed by atoms with Gasteiger partial charge in [-0.1, -0.05) is 26.0 Å². The summed E-state index contributed by atoms with van der Waals surface area (Å²) in [5.41, 5.74) is 0.704. The van der Waals surface area contributed by atoms with Gasteiger partial charge in [0.25, 0.3) is 0 Å². The van der Waals surface area contributed by atoms with E-state index in [0.717, 1.165) is 64.4 Å². The van der Waals surface area contributed by atoms with Crippen molar-refractivity contribution in [2.45, 2.75) is 51.8 Å². The maximum Gasteiger partial charge on any atom is 0.209 e. The molecule has 158 valence electrons. The number of benzene rings is 1. The normalized spacial score (nSPS) is 21.8. The number of halogens is 1. The average Bonchev–Trinajstić information content (AvgIpc) is 3.39. The number of nitrogens with one attached hydrogen (secondary N) is 1. The molecule has 1 N–H and O–H groups in total. The summed E-state index contributed by atoms with van der Waals surface area (Å²) in [6.45, 7) is 9.60. The topological polar surface area (TPSA) is 60.5 Å². The second-order valence-corrected chi connectivity index (χ2v) is 8.63. The van der Waals surface area contributed by atoms with Gasteiger partial charge in [0.05, 0.1) is 44.5 Å². The molecule has 0 saturated carbocycles. The molecule has 0 radical (unpaired) electrons. The van der Waals surface area contributed by atoms with Crippen molar-refractivity contribution in [1.29, 1.82) is 0 Å². The van der Waals surface area contributed by atoms with Crippen LogP contribution < -0.4 is 9.80 Å². The van der Waals surface area contributed by atoms with Gasteiger partial charge >= 0.3 is 0 Å². The molecule has 1 aromatic carbocycles. The van der Waals surface area contributed by atoms with Gasteiger partial charge < -0.3 is 14.5 Å². The van der Waals surface area contributed by atoms with Crippen molar-refractivity contribution in [3.8, 4) is 0 Å². The van der Waals surface area contributed by atoms with Gasteiger partial charge in [0, 0.05) is 13.0 Å². The summed E-state index contributed by atoms with van der Waals surface area (Å²) >= 11 is 0. The first-order valence-corrected chi connectivity index (χ1v) is 10.8. The first kappa shape index (κ1) is 20.2. The van der Waals surface area contributed by atoms with E-state index < -0.39 is 0 Å². The standard InChI is InChI=1S/C21H31FN6O/c1-16(2)14-20(21-23-24-25-28(21)15-17-6-5-13-29-17)27-11-9-26(10-12-27)19-8-4-3-7-18(19)22/h3-4,7-8,16-17,20H,5-6,9-15H2,1-2H3/p+1/t17-,20-/m0/s1. The number of hydrogen-bond donors (Lipinski definition) is 1. The Labute approximate surface area is 171 Å². The smallest absolute Gasteiger partial charge is 0.209 e. The number of nitrogens with zero attached hydrogens (tertiary/aromatic N) is 5. The number of para-hydroxylation sites is 1. The maximum absolute atomic E-state index is 14.2. The van der Waals surface area contributed by atoms with Crippen LogP contribution in [-0.2, 0) is 11.3 Å². The zero-order chi connectivity index (χ0) is 20.2. The van der Waals surface area contributed by atoms with E-state index >= 15 is 0 Å². The van der Waals surface area contributed by atoms with Crippen molar-refractivity contribution in [2.75, 3.05) is 37.7 Å². The highest BCUT2D eigenvalue weighted by Gasteiger charge is 2.34. The Morgan fingerprint density at radius 3 is 2.72 bits per heavy atom. The van der Waals surface area contributed by atoms with Crippen molar-refractivity contribution >= 4 is 5.69 Å². The van der Waals surface area contributed by atoms with Crippen LogP contribution in [0.3, 0.4) is 0 Å². The highest BCUT2D eigenvalue weighted by Crippen LogP contribution is 2.21. The van der Waals surface area contributed by atoms with Crippen LogP contribution in [0.4, 0.5) is 10.1 Å². The van der Waals surface area contributed by atoms with E-state index in [1.807, 2.05) is 16.8 Å². The first-order valence-electron chi connectivity index (χ1n) is 10.8. The Morgan fingerprint density at radius 1 is 1.24 bits per heavy atom. The largest absolute Gasteiger partial charge is 0.376 e. The van der Waals surface area contributed by atoms with Crippen LogP contribution >= 0.6 is 0 Å². The molecular formula is C21H32FN6O+. The predicted molar refractivity (Wildman–Crippen MR) is 108 cm³/mol. The molecule has 0 unspecified atom stereocenters. The molecule has 0 spiro atoms. The Bertz CT molecular complexity index is 783. The number of piperazine rings is 1. The zero-order valence-electron chi connectivity index (χ0n) is 17.4. The molecule has 1 aromatic heterocycles. The monoisotopic (exact) mass is 403 g/mol. The molecule has 0 amide bonds. The van der Waals surface area contributed by atoms with Gasteiger partial charge in [-0.3, -0.25) is 0 Å². The number of hydrogen-bond acceptors (Lipinski definition) is 5. The highest BCUT2D eigenvalue weighted by molar-refractivity contribution is 5.47. The molecule has 0 aliphatic carbocycles. The van der Waals surface area contributed by atoms with E-state index in [1.165, 1.54) is 11.0 Å². The fourth-order valence-electron chi connectivity index (χ4n) is 4.59. The van der Waals surface area contributed by atoms with E-state index in [-0.39, 0.29) is 18.0 Å². The third-order valence-corrected chi connectivity index (χ3v) is 6.07. The summed E-state index contributed by atoms with van der Waals surface area (Å²) < 4.78 is 21.9. The summed E-state index contributed by atoms with van der Waals surface area (Å²) in [6.07, 6.45) is 3.43. The molecule has 2 atom stereocenters. The quantitative estimate of drug-likeness (QED) is 0.759. The zero-order valence-corrected chi connectivity index (χ0v) is 17.4. The Kier molecular flexibility index (Phi) is 6.40. The minimum atomic E-state index is -0.143. The van der Waals surface area contributed by atoms with E-state index in [0.29, 0.717) is 11.6 Å². The number of tetrazole rings is 1. The lowest BCUT2D eigenvalue weighted by Crippen LogP contribution is -3.15. The van der Waals surface area contributed by atoms with Gasteiger partial charge in [-0.2, -0.15) is 0 Å². The van der Waals surface area contributed by atoms with Crippen LogP contribution in [0.15, 0.2) is 24.3 Å². The van der Waals surface area contributed by atoms with Gasteiger partial charge in [0.2, 0.25) is 5.82 Å². The van der Waals surface area contributed by atoms with Crippen LogP contribution in [0.1, 0.15) is 45.0 Å². The van der Waals surface area contributed by atoms with E-state index in [9.17, 15) is 4.39 Å². The van der Waals surface area contributed by atoms with Crippen LogP contribution in [0.25, 0.3) is 0 Å². The lowest BCUT2D eigenvalue weighted by atomic mass is 10.0. The van der Waals surface area contributed by atoms with Crippen molar-refractivity contribution < 1.29 is 14.0 Å². The average molecular weight is 404 g/mol. The molecule has 2 saturated heterocycles. The second kappa shape index (κ2) is 9.17. The molecule has 2 fully saturated rings. The van der Waals surface area contributed by atoms with Gasteiger partial charge in [-0.15, -0.1) is 5.10 Å². The third-order valence-electron chi connectivity index (χ3n) is 6.07. The lowest BCUT2D eigenvalue weighted by Gasteiger charge is -2.37. The van der Waals surface area contributed by atoms with Crippen LogP contribution in [0.5, 0.6) is 0 Å². The number of rotatable bonds is 7. The Balaban J connectivity index is 1.47. The van der Waals surface area contributed by atoms with Gasteiger partial charge in [-0.05, 0) is 41.3 Å². The summed E-state index contributed by atoms with van der Waals surface area (Å²) in [7, 11) is 0. The number of ether oxygens (including phenoxy) is 1. The van der Waals surface area contributed by atoms with Crippen molar-refractivity contribution in [2.24, 2.45) is 5.92 Å². The summed E-state index contributed by atoms with van der Waals surface area (Å²) in [5, 5.41) is 12.7. The molecule has 2 aliphatic rings. The fraction of sp³-hybridized carbons (Fsp3) is 0.667. The molecule has 0 bridgehead atoms. The number of aromatic nitrogens is 4.